The molecule has 0 amide bonds. The Kier molecular flexibility index (Phi) is 13.6. The van der Waals surface area contributed by atoms with Gasteiger partial charge in [0, 0.05) is 20.6 Å². The van der Waals surface area contributed by atoms with E-state index in [9.17, 15) is 0 Å². The second-order valence-corrected chi connectivity index (χ2v) is 11.8. The molecule has 1 aromatic rings. The number of rotatable bonds is 12. The summed E-state index contributed by atoms with van der Waals surface area (Å²) in [7, 11) is -0.735. The fourth-order valence-corrected chi connectivity index (χ4v) is 5.44. The second kappa shape index (κ2) is 13.6. The van der Waals surface area contributed by atoms with Gasteiger partial charge in [-0.15, -0.1) is 0 Å². The van der Waals surface area contributed by atoms with E-state index in [-0.39, 0.29) is 17.0 Å². The van der Waals surface area contributed by atoms with E-state index >= 15 is 0 Å². The summed E-state index contributed by atoms with van der Waals surface area (Å²) in [6.45, 7) is 7.36. The number of halogens is 1. The minimum absolute atomic E-state index is 0. The lowest BCUT2D eigenvalue weighted by atomic mass is 10.1. The number of unbranched alkanes of at least 4 members (excludes halogenated alkanes) is 8. The van der Waals surface area contributed by atoms with E-state index < -0.39 is 7.26 Å². The Morgan fingerprint density at radius 1 is 0.727 bits per heavy atom. The van der Waals surface area contributed by atoms with Crippen LogP contribution in [0.1, 0.15) is 70.3 Å². The van der Waals surface area contributed by atoms with Crippen LogP contribution >= 0.6 is 7.26 Å². The summed E-state index contributed by atoms with van der Waals surface area (Å²) in [5, 5.41) is 0. The normalized spacial score (nSPS) is 11.2. The topological polar surface area (TPSA) is 0 Å². The van der Waals surface area contributed by atoms with E-state index in [4.69, 9.17) is 0 Å². The molecule has 2 heteroatoms. The monoisotopic (exact) mass is 386 g/mol. The molecule has 0 aliphatic heterocycles. The van der Waals surface area contributed by atoms with Gasteiger partial charge in [0.2, 0.25) is 0 Å². The maximum Gasteiger partial charge on any atom is 0.0837 e. The molecule has 0 bridgehead atoms. The minimum atomic E-state index is -0.735. The van der Waals surface area contributed by atoms with Crippen LogP contribution in [-0.4, -0.2) is 19.5 Å². The number of hydrogen-bond donors (Lipinski definition) is 0. The Hall–Kier alpha value is 0.130. The van der Waals surface area contributed by atoms with Crippen LogP contribution in [0.15, 0.2) is 30.3 Å². The molecular formula is C20H36BrP. The van der Waals surface area contributed by atoms with E-state index in [1.165, 1.54) is 75.7 Å². The van der Waals surface area contributed by atoms with Crippen molar-refractivity contribution < 1.29 is 17.0 Å². The van der Waals surface area contributed by atoms with Gasteiger partial charge in [-0.2, -0.15) is 0 Å². The van der Waals surface area contributed by atoms with Gasteiger partial charge in [0.05, 0.1) is 12.3 Å². The predicted octanol–water partition coefficient (Wildman–Crippen LogP) is 4.00. The molecule has 0 saturated heterocycles. The first-order valence-corrected chi connectivity index (χ1v) is 12.1. The minimum Gasteiger partial charge on any atom is -1.00 e. The molecule has 1 aromatic carbocycles. The first-order valence-electron chi connectivity index (χ1n) is 9.00. The van der Waals surface area contributed by atoms with Gasteiger partial charge < -0.3 is 17.0 Å². The van der Waals surface area contributed by atoms with Gasteiger partial charge in [-0.3, -0.25) is 0 Å². The Morgan fingerprint density at radius 3 is 1.77 bits per heavy atom. The van der Waals surface area contributed by atoms with Gasteiger partial charge in [0.15, 0.2) is 0 Å². The average Bonchev–Trinajstić information content (AvgIpc) is 2.46. The summed E-state index contributed by atoms with van der Waals surface area (Å²) < 4.78 is 0. The van der Waals surface area contributed by atoms with Gasteiger partial charge in [-0.1, -0.05) is 82.2 Å². The highest BCUT2D eigenvalue weighted by molar-refractivity contribution is 7.73. The van der Waals surface area contributed by atoms with Gasteiger partial charge in [-0.05, 0) is 18.4 Å². The van der Waals surface area contributed by atoms with E-state index in [2.05, 4.69) is 50.6 Å². The smallest absolute Gasteiger partial charge is 0.0837 e. The van der Waals surface area contributed by atoms with Crippen molar-refractivity contribution in [3.8, 4) is 0 Å². The molecule has 0 aromatic heterocycles. The van der Waals surface area contributed by atoms with E-state index in [0.29, 0.717) is 0 Å². The molecule has 0 nitrogen and oxygen atoms in total. The van der Waals surface area contributed by atoms with Crippen LogP contribution in [0.3, 0.4) is 0 Å². The third kappa shape index (κ3) is 11.7. The quantitative estimate of drug-likeness (QED) is 0.376. The standard InChI is InChI=1S/C20H36P.BrH/c1-4-5-6-7-8-9-10-11-15-18-21(2,3)19-20-16-13-12-14-17-20;/h12-14,16-17H,4-11,15,18-19H2,1-3H3;1H/q+1;/p-1. The lowest BCUT2D eigenvalue weighted by Gasteiger charge is -2.18. The maximum atomic E-state index is 2.53. The van der Waals surface area contributed by atoms with Gasteiger partial charge in [-0.25, -0.2) is 0 Å². The van der Waals surface area contributed by atoms with E-state index in [1.54, 1.807) is 0 Å². The van der Waals surface area contributed by atoms with Crippen molar-refractivity contribution in [2.24, 2.45) is 0 Å². The molecule has 0 aliphatic rings. The van der Waals surface area contributed by atoms with Crippen molar-refractivity contribution in [3.63, 3.8) is 0 Å². The van der Waals surface area contributed by atoms with Gasteiger partial charge in [0.25, 0.3) is 0 Å². The largest absolute Gasteiger partial charge is 1.00 e. The Labute approximate surface area is 150 Å². The Bertz CT molecular complexity index is 348. The van der Waals surface area contributed by atoms with Crippen LogP contribution in [0, 0.1) is 0 Å². The van der Waals surface area contributed by atoms with Crippen molar-refractivity contribution in [3.05, 3.63) is 35.9 Å². The zero-order valence-electron chi connectivity index (χ0n) is 15.0. The zero-order chi connectivity index (χ0) is 15.4. The molecule has 0 saturated carbocycles. The molecule has 0 spiro atoms. The Morgan fingerprint density at radius 2 is 1.23 bits per heavy atom. The third-order valence-corrected chi connectivity index (χ3v) is 7.07. The fraction of sp³-hybridized carbons (Fsp3) is 0.700. The van der Waals surface area contributed by atoms with Crippen molar-refractivity contribution in [2.45, 2.75) is 70.9 Å². The lowest BCUT2D eigenvalue weighted by Crippen LogP contribution is -3.00. The summed E-state index contributed by atoms with van der Waals surface area (Å²) in [6, 6.07) is 11.0. The highest BCUT2D eigenvalue weighted by Crippen LogP contribution is 2.54. The van der Waals surface area contributed by atoms with E-state index in [0.717, 1.165) is 0 Å². The van der Waals surface area contributed by atoms with Crippen LogP contribution in [-0.2, 0) is 6.16 Å². The molecule has 22 heavy (non-hydrogen) atoms. The first kappa shape index (κ1) is 22.1. The van der Waals surface area contributed by atoms with Crippen molar-refractivity contribution >= 4 is 7.26 Å². The lowest BCUT2D eigenvalue weighted by molar-refractivity contribution is -0.00000480. The Balaban J connectivity index is 0.00000441. The first-order chi connectivity index (χ1) is 10.1. The van der Waals surface area contributed by atoms with Gasteiger partial charge >= 0.3 is 0 Å². The molecule has 128 valence electrons. The highest BCUT2D eigenvalue weighted by Gasteiger charge is 2.24. The van der Waals surface area contributed by atoms with Crippen LogP contribution < -0.4 is 17.0 Å². The summed E-state index contributed by atoms with van der Waals surface area (Å²) >= 11 is 0. The molecule has 0 heterocycles. The van der Waals surface area contributed by atoms with Crippen LogP contribution in [0.2, 0.25) is 0 Å². The van der Waals surface area contributed by atoms with Crippen molar-refractivity contribution in [1.29, 1.82) is 0 Å². The summed E-state index contributed by atoms with van der Waals surface area (Å²) in [6.07, 6.45) is 15.8. The number of hydrogen-bond acceptors (Lipinski definition) is 0. The molecule has 0 radical (unpaired) electrons. The number of benzene rings is 1. The third-order valence-electron chi connectivity index (χ3n) is 4.32. The van der Waals surface area contributed by atoms with Gasteiger partial charge in [0.1, 0.15) is 0 Å². The zero-order valence-corrected chi connectivity index (χ0v) is 17.5. The molecular weight excluding hydrogens is 351 g/mol. The second-order valence-electron chi connectivity index (χ2n) is 7.13. The molecule has 0 atom stereocenters. The summed E-state index contributed by atoms with van der Waals surface area (Å²) in [5.74, 6) is 0. The molecule has 0 unspecified atom stereocenters. The molecule has 0 fully saturated rings. The van der Waals surface area contributed by atoms with Crippen LogP contribution in [0.4, 0.5) is 0 Å². The van der Waals surface area contributed by atoms with Crippen LogP contribution in [0.25, 0.3) is 0 Å². The SMILES string of the molecule is CCCCCCCCCCC[P+](C)(C)Cc1ccccc1.[Br-]. The molecule has 0 aliphatic carbocycles. The predicted molar refractivity (Wildman–Crippen MR) is 101 cm³/mol. The summed E-state index contributed by atoms with van der Waals surface area (Å²) in [5.41, 5.74) is 1.53. The van der Waals surface area contributed by atoms with Crippen molar-refractivity contribution in [2.75, 3.05) is 19.5 Å². The highest BCUT2D eigenvalue weighted by atomic mass is 79.9. The average molecular weight is 387 g/mol. The fourth-order valence-electron chi connectivity index (χ4n) is 3.01. The van der Waals surface area contributed by atoms with Crippen molar-refractivity contribution in [1.82, 2.24) is 0 Å². The summed E-state index contributed by atoms with van der Waals surface area (Å²) in [4.78, 5) is 0. The van der Waals surface area contributed by atoms with Crippen LogP contribution in [0.5, 0.6) is 0 Å². The molecule has 1 rings (SSSR count). The maximum absolute atomic E-state index is 2.53. The van der Waals surface area contributed by atoms with E-state index in [1.807, 2.05) is 0 Å². The molecule has 0 N–H and O–H groups in total.